The normalized spacial score (nSPS) is 23.5. The Morgan fingerprint density at radius 2 is 1.95 bits per heavy atom. The average Bonchev–Trinajstić information content (AvgIpc) is 2.43. The molecule has 1 aromatic carbocycles. The molecule has 0 amide bonds. The topological polar surface area (TPSA) is 52.5 Å². The van der Waals surface area contributed by atoms with Crippen LogP contribution in [-0.4, -0.2) is 23.4 Å². The molecule has 3 nitrogen and oxygen atoms in total. The number of phenolic OH excluding ortho intramolecular Hbond substituents is 1. The lowest BCUT2D eigenvalue weighted by molar-refractivity contribution is 0.133. The monoisotopic (exact) mass is 327 g/mol. The first kappa shape index (κ1) is 14.8. The van der Waals surface area contributed by atoms with Crippen molar-refractivity contribution >= 4 is 15.9 Å². The van der Waals surface area contributed by atoms with Crippen LogP contribution in [0.3, 0.4) is 0 Å². The van der Waals surface area contributed by atoms with Crippen LogP contribution in [0.4, 0.5) is 0 Å². The fourth-order valence-corrected chi connectivity index (χ4v) is 3.28. The lowest BCUT2D eigenvalue weighted by Crippen LogP contribution is -2.32. The van der Waals surface area contributed by atoms with Gasteiger partial charge in [0.05, 0.1) is 4.47 Å². The predicted molar refractivity (Wildman–Crippen MR) is 80.0 cm³/mol. The van der Waals surface area contributed by atoms with E-state index in [2.05, 4.69) is 21.2 Å². The van der Waals surface area contributed by atoms with Gasteiger partial charge in [0, 0.05) is 13.2 Å². The molecule has 3 N–H and O–H groups in total. The minimum atomic E-state index is 0.274. The van der Waals surface area contributed by atoms with Crippen molar-refractivity contribution in [2.75, 3.05) is 13.2 Å². The summed E-state index contributed by atoms with van der Waals surface area (Å²) in [6.07, 6.45) is 4.92. The van der Waals surface area contributed by atoms with Crippen LogP contribution >= 0.6 is 15.9 Å². The van der Waals surface area contributed by atoms with Crippen molar-refractivity contribution in [2.24, 2.45) is 11.8 Å². The van der Waals surface area contributed by atoms with Crippen molar-refractivity contribution < 1.29 is 10.2 Å². The number of aliphatic hydroxyl groups is 1. The maximum Gasteiger partial charge on any atom is 0.129 e. The number of aromatic hydroxyl groups is 1. The van der Waals surface area contributed by atoms with Crippen LogP contribution in [0.1, 0.15) is 31.2 Å². The summed E-state index contributed by atoms with van der Waals surface area (Å²) >= 11 is 3.32. The van der Waals surface area contributed by atoms with Gasteiger partial charge in [-0.2, -0.15) is 0 Å². The molecule has 0 saturated heterocycles. The molecule has 1 aliphatic carbocycles. The summed E-state index contributed by atoms with van der Waals surface area (Å²) < 4.78 is 0.734. The van der Waals surface area contributed by atoms with E-state index in [1.807, 2.05) is 12.1 Å². The average molecular weight is 328 g/mol. The van der Waals surface area contributed by atoms with E-state index in [4.69, 9.17) is 0 Å². The van der Waals surface area contributed by atoms with Crippen LogP contribution in [-0.2, 0) is 6.54 Å². The number of rotatable bonds is 5. The second-order valence-electron chi connectivity index (χ2n) is 5.40. The third-order valence-corrected chi connectivity index (χ3v) is 4.68. The van der Waals surface area contributed by atoms with Crippen molar-refractivity contribution in [3.05, 3.63) is 28.2 Å². The number of nitrogens with one attached hydrogen (secondary N) is 1. The Bertz CT molecular complexity index is 411. The smallest absolute Gasteiger partial charge is 0.129 e. The molecule has 1 fully saturated rings. The number of hydrogen-bond acceptors (Lipinski definition) is 3. The first-order chi connectivity index (χ1) is 9.20. The lowest BCUT2D eigenvalue weighted by Gasteiger charge is -2.30. The molecule has 1 aromatic rings. The van der Waals surface area contributed by atoms with Crippen LogP contribution in [0.2, 0.25) is 0 Å². The molecule has 0 bridgehead atoms. The highest BCUT2D eigenvalue weighted by molar-refractivity contribution is 9.10. The highest BCUT2D eigenvalue weighted by Gasteiger charge is 2.23. The van der Waals surface area contributed by atoms with E-state index in [-0.39, 0.29) is 5.75 Å². The Morgan fingerprint density at radius 3 is 2.63 bits per heavy atom. The molecular formula is C15H22BrNO2. The zero-order chi connectivity index (χ0) is 13.7. The molecule has 1 aliphatic rings. The van der Waals surface area contributed by atoms with Gasteiger partial charge in [-0.15, -0.1) is 0 Å². The van der Waals surface area contributed by atoms with E-state index in [9.17, 15) is 10.2 Å². The molecule has 2 rings (SSSR count). The third kappa shape index (κ3) is 4.20. The first-order valence-electron chi connectivity index (χ1n) is 6.99. The fraction of sp³-hybridized carbons (Fsp3) is 0.600. The van der Waals surface area contributed by atoms with Gasteiger partial charge in [-0.1, -0.05) is 18.9 Å². The Balaban J connectivity index is 1.80. The Morgan fingerprint density at radius 1 is 1.21 bits per heavy atom. The Labute approximate surface area is 123 Å². The maximum atomic E-state index is 9.44. The summed E-state index contributed by atoms with van der Waals surface area (Å²) in [6.45, 7) is 2.08. The third-order valence-electron chi connectivity index (χ3n) is 4.05. The van der Waals surface area contributed by atoms with Gasteiger partial charge in [-0.25, -0.2) is 0 Å². The van der Waals surface area contributed by atoms with Gasteiger partial charge in [0.25, 0.3) is 0 Å². The second kappa shape index (κ2) is 7.27. The van der Waals surface area contributed by atoms with Gasteiger partial charge in [-0.05, 0) is 64.8 Å². The molecular weight excluding hydrogens is 306 g/mol. The lowest BCUT2D eigenvalue weighted by atomic mass is 9.79. The van der Waals surface area contributed by atoms with E-state index < -0.39 is 0 Å². The first-order valence-corrected chi connectivity index (χ1v) is 7.79. The zero-order valence-electron chi connectivity index (χ0n) is 11.1. The molecule has 106 valence electrons. The van der Waals surface area contributed by atoms with Crippen molar-refractivity contribution in [3.63, 3.8) is 0 Å². The molecule has 2 unspecified atom stereocenters. The Hall–Kier alpha value is -0.580. The molecule has 0 radical (unpaired) electrons. The van der Waals surface area contributed by atoms with E-state index in [1.54, 1.807) is 6.07 Å². The molecule has 0 heterocycles. The highest BCUT2D eigenvalue weighted by Crippen LogP contribution is 2.29. The number of hydrogen-bond donors (Lipinski definition) is 3. The van der Waals surface area contributed by atoms with Gasteiger partial charge < -0.3 is 15.5 Å². The van der Waals surface area contributed by atoms with E-state index >= 15 is 0 Å². The Kier molecular flexibility index (Phi) is 5.67. The number of aliphatic hydroxyl groups excluding tert-OH is 1. The van der Waals surface area contributed by atoms with Crippen LogP contribution in [0.5, 0.6) is 5.75 Å². The quantitative estimate of drug-likeness (QED) is 0.779. The fourth-order valence-electron chi connectivity index (χ4n) is 2.86. The van der Waals surface area contributed by atoms with E-state index in [1.165, 1.54) is 19.3 Å². The van der Waals surface area contributed by atoms with Gasteiger partial charge >= 0.3 is 0 Å². The van der Waals surface area contributed by atoms with Crippen LogP contribution in [0.15, 0.2) is 22.7 Å². The standard InChI is InChI=1S/C15H22BrNO2/c16-14-7-11(5-6-15(14)19)8-17-9-12-3-1-2-4-13(12)10-18/h5-7,12-13,17-19H,1-4,8-10H2. The molecule has 1 saturated carbocycles. The van der Waals surface area contributed by atoms with Crippen molar-refractivity contribution in [1.29, 1.82) is 0 Å². The number of halogens is 1. The largest absolute Gasteiger partial charge is 0.507 e. The van der Waals surface area contributed by atoms with Gasteiger partial charge in [0.1, 0.15) is 5.75 Å². The SMILES string of the molecule is OCC1CCCCC1CNCc1ccc(O)c(Br)c1. The van der Waals surface area contributed by atoms with Crippen molar-refractivity contribution in [3.8, 4) is 5.75 Å². The molecule has 2 atom stereocenters. The van der Waals surface area contributed by atoms with Crippen LogP contribution in [0.25, 0.3) is 0 Å². The van der Waals surface area contributed by atoms with E-state index in [0.717, 1.165) is 29.5 Å². The molecule has 0 spiro atoms. The summed E-state index contributed by atoms with van der Waals surface area (Å²) in [4.78, 5) is 0. The van der Waals surface area contributed by atoms with Crippen LogP contribution in [0, 0.1) is 11.8 Å². The summed E-state index contributed by atoms with van der Waals surface area (Å²) in [5, 5.41) is 22.3. The summed E-state index contributed by atoms with van der Waals surface area (Å²) in [6, 6.07) is 5.57. The number of benzene rings is 1. The zero-order valence-corrected chi connectivity index (χ0v) is 12.7. The van der Waals surface area contributed by atoms with E-state index in [0.29, 0.717) is 18.4 Å². The van der Waals surface area contributed by atoms with Crippen molar-refractivity contribution in [1.82, 2.24) is 5.32 Å². The number of phenols is 1. The minimum Gasteiger partial charge on any atom is -0.507 e. The second-order valence-corrected chi connectivity index (χ2v) is 6.26. The highest BCUT2D eigenvalue weighted by atomic mass is 79.9. The maximum absolute atomic E-state index is 9.44. The van der Waals surface area contributed by atoms with Gasteiger partial charge in [0.15, 0.2) is 0 Å². The van der Waals surface area contributed by atoms with Crippen LogP contribution < -0.4 is 5.32 Å². The van der Waals surface area contributed by atoms with Crippen molar-refractivity contribution in [2.45, 2.75) is 32.2 Å². The molecule has 4 heteroatoms. The molecule has 19 heavy (non-hydrogen) atoms. The summed E-state index contributed by atoms with van der Waals surface area (Å²) in [5.41, 5.74) is 1.15. The minimum absolute atomic E-state index is 0.274. The van der Waals surface area contributed by atoms with Gasteiger partial charge in [0.2, 0.25) is 0 Å². The predicted octanol–water partition coefficient (Wildman–Crippen LogP) is 3.04. The molecule has 0 aromatic heterocycles. The molecule has 0 aliphatic heterocycles. The summed E-state index contributed by atoms with van der Waals surface area (Å²) in [7, 11) is 0. The van der Waals surface area contributed by atoms with Gasteiger partial charge in [-0.3, -0.25) is 0 Å². The summed E-state index contributed by atoms with van der Waals surface area (Å²) in [5.74, 6) is 1.34.